The van der Waals surface area contributed by atoms with Crippen LogP contribution in [0.15, 0.2) is 0 Å². The van der Waals surface area contributed by atoms with Crippen molar-refractivity contribution >= 4 is 54.3 Å². The van der Waals surface area contributed by atoms with E-state index in [0.29, 0.717) is 10.0 Å². The van der Waals surface area contributed by atoms with Crippen molar-refractivity contribution in [3.63, 3.8) is 0 Å². The molecule has 0 spiro atoms. The van der Waals surface area contributed by atoms with Gasteiger partial charge in [0, 0.05) is 4.91 Å². The summed E-state index contributed by atoms with van der Waals surface area (Å²) < 4.78 is 0.249. The highest BCUT2D eigenvalue weighted by Gasteiger charge is 2.73. The summed E-state index contributed by atoms with van der Waals surface area (Å²) in [5.74, 6) is 0. The first-order valence-electron chi connectivity index (χ1n) is 20.0. The van der Waals surface area contributed by atoms with Crippen LogP contribution >= 0.6 is 0 Å². The second kappa shape index (κ2) is 12.0. The summed E-state index contributed by atoms with van der Waals surface area (Å²) >= 11 is 0. The van der Waals surface area contributed by atoms with E-state index in [0.717, 1.165) is 34.3 Å². The Labute approximate surface area is 354 Å². The topological polar surface area (TPSA) is 361 Å². The first-order chi connectivity index (χ1) is 30.7. The molecule has 336 valence electrons. The molecule has 0 saturated carbocycles. The van der Waals surface area contributed by atoms with E-state index in [1.165, 1.54) is 14.7 Å². The van der Waals surface area contributed by atoms with Gasteiger partial charge < -0.3 is 26.6 Å². The number of nitrogens with one attached hydrogen (secondary N) is 9. The number of hydrazine groups is 2. The van der Waals surface area contributed by atoms with Crippen LogP contribution in [0, 0.1) is 14.7 Å². The van der Waals surface area contributed by atoms with Crippen LogP contribution in [0.25, 0.3) is 0 Å². The molecule has 12 bridgehead atoms. The number of nitroso groups, excluding NO2 is 3. The Kier molecular flexibility index (Phi) is 6.94. The van der Waals surface area contributed by atoms with Crippen molar-refractivity contribution in [3.8, 4) is 0 Å². The van der Waals surface area contributed by atoms with Crippen LogP contribution < -0.4 is 47.9 Å². The molecule has 12 atom stereocenters. The average Bonchev–Trinajstić information content (AvgIpc) is 4.06. The van der Waals surface area contributed by atoms with Crippen molar-refractivity contribution in [1.29, 1.82) is 0 Å². The third-order valence-electron chi connectivity index (χ3n) is 13.9. The molecule has 0 aromatic carbocycles. The lowest BCUT2D eigenvalue weighted by Crippen LogP contribution is -2.69. The quantitative estimate of drug-likeness (QED) is 0.102. The van der Waals surface area contributed by atoms with E-state index in [4.69, 9.17) is 0 Å². The van der Waals surface area contributed by atoms with E-state index < -0.39 is 168 Å². The summed E-state index contributed by atoms with van der Waals surface area (Å²) in [6.07, 6.45) is -16.5. The molecule has 0 aliphatic carbocycles. The second-order valence-corrected chi connectivity index (χ2v) is 16.8. The van der Waals surface area contributed by atoms with Crippen LogP contribution in [0.5, 0.6) is 0 Å². The lowest BCUT2D eigenvalue weighted by atomic mass is 10.3. The molecule has 36 heteroatoms. The Balaban J connectivity index is 0.923. The summed E-state index contributed by atoms with van der Waals surface area (Å²) in [6, 6.07) is -7.90. The third kappa shape index (κ3) is 4.34. The molecular formula is C28H35N24O12+3. The molecule has 36 nitrogen and oxygen atoms in total. The van der Waals surface area contributed by atoms with Gasteiger partial charge in [0.05, 0.1) is 41.2 Å². The Bertz CT molecular complexity index is 2390. The number of imide groups is 1. The number of urea groups is 9. The summed E-state index contributed by atoms with van der Waals surface area (Å²) in [7, 11) is 0. The van der Waals surface area contributed by atoms with E-state index in [1.54, 1.807) is 0 Å². The normalized spacial score (nSPS) is 39.5. The Morgan fingerprint density at radius 1 is 0.406 bits per heavy atom. The van der Waals surface area contributed by atoms with Crippen molar-refractivity contribution in [2.24, 2.45) is 0 Å². The van der Waals surface area contributed by atoms with Crippen molar-refractivity contribution in [3.05, 3.63) is 14.7 Å². The Morgan fingerprint density at radius 2 is 0.844 bits per heavy atom. The average molecular weight is 900 g/mol. The maximum atomic E-state index is 14.6. The molecule has 0 aromatic rings. The van der Waals surface area contributed by atoms with Crippen molar-refractivity contribution < 1.29 is 57.6 Å². The molecular weight excluding hydrogens is 864 g/mol. The summed E-state index contributed by atoms with van der Waals surface area (Å²) in [6.45, 7) is -3.62. The van der Waals surface area contributed by atoms with E-state index in [2.05, 4.69) is 47.9 Å². The van der Waals surface area contributed by atoms with Crippen LogP contribution in [0.2, 0.25) is 0 Å². The zero-order valence-electron chi connectivity index (χ0n) is 32.5. The Hall–Kier alpha value is -7.73. The van der Waals surface area contributed by atoms with Gasteiger partial charge in [-0.05, 0) is 10.0 Å². The highest BCUT2D eigenvalue weighted by atomic mass is 16.4. The fourth-order valence-corrected chi connectivity index (χ4v) is 11.0. The van der Waals surface area contributed by atoms with E-state index in [9.17, 15) is 57.9 Å². The number of carbonyl (C=O) groups excluding carboxylic acids is 9. The number of rotatable bonds is 0. The van der Waals surface area contributed by atoms with E-state index in [1.807, 2.05) is 0 Å². The molecule has 9 N–H and O–H groups in total. The minimum atomic E-state index is -1.89. The van der Waals surface area contributed by atoms with Crippen LogP contribution in [0.4, 0.5) is 43.2 Å². The highest BCUT2D eigenvalue weighted by Crippen LogP contribution is 2.38. The molecule has 13 heterocycles. The maximum absolute atomic E-state index is 14.6. The molecule has 0 radical (unpaired) electrons. The predicted octanol–water partition coefficient (Wildman–Crippen LogP) is -8.04. The number of fused-ring (bicyclic) bond motifs is 16. The standard InChI is InChI=1S/C28H32N24O12/c53-20-34-11-16-38(20)1-30-9-15-47(62)7-46-19-14(36-22(46)55)45(28(61)50(19)52(15)64)6-44-13-18-39(21(54)35-13)4-32-10(51(63)49(18)27(44)60)8-29-2-41-17-12(37-24(57)48(17)23(56)33-8)43(26(41)59)5-42(11)25(58)40(16)3-31-9/h8-19,29-32H,1-7H2,(H2-3,33,34,35,36,37,53,54,55,56,57)/p+3. The van der Waals surface area contributed by atoms with Gasteiger partial charge in [0.2, 0.25) is 23.4 Å². The predicted molar refractivity (Wildman–Crippen MR) is 189 cm³/mol. The van der Waals surface area contributed by atoms with Gasteiger partial charge in [-0.1, -0.05) is 0 Å². The Morgan fingerprint density at radius 3 is 1.48 bits per heavy atom. The molecule has 13 fully saturated rings. The van der Waals surface area contributed by atoms with Gasteiger partial charge in [0.15, 0.2) is 35.7 Å². The van der Waals surface area contributed by atoms with Gasteiger partial charge in [-0.25, -0.2) is 58.3 Å². The number of nitrogens with zero attached hydrogens (tertiary/aromatic N) is 15. The van der Waals surface area contributed by atoms with Crippen LogP contribution in [0.3, 0.4) is 0 Å². The smallest absolute Gasteiger partial charge is 0.314 e. The third-order valence-corrected chi connectivity index (χ3v) is 13.9. The number of hydrogen-bond acceptors (Lipinski definition) is 16. The number of amides is 18. The second-order valence-electron chi connectivity index (χ2n) is 16.8. The minimum absolute atomic E-state index is 0.0671. The SMILES string of the molecule is O=C1NC2C3N1CNC1NCN3C(=O)N2CN2C(=O)N3CNC(NC(=O)N4C(=O)NC2C34)C2NCN3C(=O)NC4C3N(C(=O)N4CN3C(=O)N4C5C3NC(=O)N5C[N+](=O)C1[N+]4=O)[N+]2=O. The summed E-state index contributed by atoms with van der Waals surface area (Å²) in [4.78, 5) is 180. The first-order valence-corrected chi connectivity index (χ1v) is 20.0. The molecule has 13 rings (SSSR count). The van der Waals surface area contributed by atoms with Crippen LogP contribution in [-0.4, -0.2) is 248 Å². The zero-order valence-corrected chi connectivity index (χ0v) is 32.5. The molecule has 12 unspecified atom stereocenters. The molecule has 0 aromatic heterocycles. The zero-order chi connectivity index (χ0) is 44.1. The maximum Gasteiger partial charge on any atom is 0.490 e. The lowest BCUT2D eigenvalue weighted by Gasteiger charge is -2.35. The van der Waals surface area contributed by atoms with Gasteiger partial charge >= 0.3 is 66.6 Å². The molecule has 13 aliphatic rings. The molecule has 13 saturated heterocycles. The lowest BCUT2D eigenvalue weighted by molar-refractivity contribution is -0.855. The van der Waals surface area contributed by atoms with Crippen molar-refractivity contribution in [2.75, 3.05) is 46.7 Å². The fourth-order valence-electron chi connectivity index (χ4n) is 11.0. The summed E-state index contributed by atoms with van der Waals surface area (Å²) in [5.41, 5.74) is 0. The van der Waals surface area contributed by atoms with Gasteiger partial charge in [0.25, 0.3) is 6.67 Å². The molecule has 13 aliphatic heterocycles. The number of hydrogen-bond donors (Lipinski definition) is 9. The fraction of sp³-hybridized carbons (Fsp3) is 0.679. The van der Waals surface area contributed by atoms with E-state index >= 15 is 0 Å². The highest BCUT2D eigenvalue weighted by molar-refractivity contribution is 5.98. The van der Waals surface area contributed by atoms with Crippen LogP contribution in [-0.2, 0) is 0 Å². The number of carbonyl (C=O) groups is 9. The minimum Gasteiger partial charge on any atom is -0.314 e. The first kappa shape index (κ1) is 36.9. The van der Waals surface area contributed by atoms with Gasteiger partial charge in [0.1, 0.15) is 25.7 Å². The van der Waals surface area contributed by atoms with Crippen molar-refractivity contribution in [1.82, 2.24) is 107 Å². The van der Waals surface area contributed by atoms with E-state index in [-0.39, 0.29) is 21.2 Å². The molecule has 18 amide bonds. The van der Waals surface area contributed by atoms with Crippen LogP contribution in [0.1, 0.15) is 0 Å². The molecule has 64 heavy (non-hydrogen) atoms. The summed E-state index contributed by atoms with van der Waals surface area (Å²) in [5, 5.41) is 26.2. The largest absolute Gasteiger partial charge is 0.490 e. The van der Waals surface area contributed by atoms with Gasteiger partial charge in [-0.2, -0.15) is 0 Å². The monoisotopic (exact) mass is 899 g/mol. The van der Waals surface area contributed by atoms with Crippen molar-refractivity contribution in [2.45, 2.75) is 74.0 Å². The van der Waals surface area contributed by atoms with Gasteiger partial charge in [-0.15, -0.1) is 0 Å². The van der Waals surface area contributed by atoms with Gasteiger partial charge in [-0.3, -0.25) is 55.1 Å².